The topological polar surface area (TPSA) is 73.8 Å². The first-order valence-electron chi connectivity index (χ1n) is 4.07. The molecule has 2 heterocycles. The van der Waals surface area contributed by atoms with E-state index in [4.69, 9.17) is 5.73 Å². The van der Waals surface area contributed by atoms with Crippen molar-refractivity contribution in [2.24, 2.45) is 0 Å². The Morgan fingerprint density at radius 3 is 3.00 bits per heavy atom. The number of thiazole rings is 1. The fourth-order valence-electron chi connectivity index (χ4n) is 1.10. The molecule has 0 atom stereocenters. The first-order chi connectivity index (χ1) is 7.16. The highest BCUT2D eigenvalue weighted by atomic mass is 79.9. The standard InChI is InChI=1S/C8H7BrN4OS/c9-6-2-11-4-13(7(6)14)3-5-1-12-8(10)15-5/h1-2,4H,3H2,(H2,10,12). The number of hydrogen-bond acceptors (Lipinski definition) is 5. The van der Waals surface area contributed by atoms with Gasteiger partial charge in [-0.2, -0.15) is 0 Å². The van der Waals surface area contributed by atoms with Gasteiger partial charge in [-0.1, -0.05) is 0 Å². The van der Waals surface area contributed by atoms with Gasteiger partial charge in [0, 0.05) is 17.3 Å². The third kappa shape index (κ3) is 2.24. The van der Waals surface area contributed by atoms with Gasteiger partial charge in [-0.05, 0) is 15.9 Å². The first kappa shape index (κ1) is 10.3. The lowest BCUT2D eigenvalue weighted by Crippen LogP contribution is -2.20. The maximum atomic E-state index is 11.6. The molecule has 0 unspecified atom stereocenters. The smallest absolute Gasteiger partial charge is 0.267 e. The Morgan fingerprint density at radius 2 is 2.33 bits per heavy atom. The fourth-order valence-corrected chi connectivity index (χ4v) is 2.13. The number of aromatic nitrogens is 3. The average Bonchev–Trinajstić information content (AvgIpc) is 2.59. The van der Waals surface area contributed by atoms with Crippen molar-refractivity contribution in [3.05, 3.63) is 38.4 Å². The largest absolute Gasteiger partial charge is 0.375 e. The minimum atomic E-state index is -0.114. The van der Waals surface area contributed by atoms with Gasteiger partial charge in [-0.15, -0.1) is 11.3 Å². The molecular weight excluding hydrogens is 280 g/mol. The quantitative estimate of drug-likeness (QED) is 0.897. The number of anilines is 1. The van der Waals surface area contributed by atoms with Gasteiger partial charge in [0.1, 0.15) is 4.47 Å². The number of rotatable bonds is 2. The SMILES string of the molecule is Nc1ncc(Cn2cncc(Br)c2=O)s1. The summed E-state index contributed by atoms with van der Waals surface area (Å²) in [7, 11) is 0. The third-order valence-corrected chi connectivity index (χ3v) is 3.11. The molecule has 2 N–H and O–H groups in total. The van der Waals surface area contributed by atoms with Crippen molar-refractivity contribution >= 4 is 32.4 Å². The molecule has 0 spiro atoms. The average molecular weight is 287 g/mol. The van der Waals surface area contributed by atoms with Gasteiger partial charge < -0.3 is 5.73 Å². The van der Waals surface area contributed by atoms with E-state index in [1.54, 1.807) is 6.20 Å². The summed E-state index contributed by atoms with van der Waals surface area (Å²) in [6.07, 6.45) is 4.62. The molecule has 0 aromatic carbocycles. The van der Waals surface area contributed by atoms with Crippen molar-refractivity contribution in [1.82, 2.24) is 14.5 Å². The van der Waals surface area contributed by atoms with Gasteiger partial charge in [-0.25, -0.2) is 9.97 Å². The summed E-state index contributed by atoms with van der Waals surface area (Å²) >= 11 is 4.49. The Morgan fingerprint density at radius 1 is 1.53 bits per heavy atom. The maximum absolute atomic E-state index is 11.6. The van der Waals surface area contributed by atoms with Crippen molar-refractivity contribution in [2.45, 2.75) is 6.54 Å². The van der Waals surface area contributed by atoms with E-state index in [0.717, 1.165) is 4.88 Å². The minimum absolute atomic E-state index is 0.114. The molecule has 7 heteroatoms. The van der Waals surface area contributed by atoms with E-state index >= 15 is 0 Å². The molecule has 0 radical (unpaired) electrons. The molecule has 0 fully saturated rings. The molecular formula is C8H7BrN4OS. The summed E-state index contributed by atoms with van der Waals surface area (Å²) in [5, 5.41) is 0.501. The summed E-state index contributed by atoms with van der Waals surface area (Å²) in [4.78, 5) is 20.4. The van der Waals surface area contributed by atoms with Gasteiger partial charge in [0.2, 0.25) is 0 Å². The van der Waals surface area contributed by atoms with Crippen LogP contribution in [0.4, 0.5) is 5.13 Å². The van der Waals surface area contributed by atoms with Crippen molar-refractivity contribution in [1.29, 1.82) is 0 Å². The van der Waals surface area contributed by atoms with E-state index in [1.807, 2.05) is 0 Å². The molecule has 0 saturated carbocycles. The van der Waals surface area contributed by atoms with Crippen molar-refractivity contribution in [3.63, 3.8) is 0 Å². The molecule has 2 rings (SSSR count). The van der Waals surface area contributed by atoms with Crippen molar-refractivity contribution in [2.75, 3.05) is 5.73 Å². The second-order valence-corrected chi connectivity index (χ2v) is 4.84. The highest BCUT2D eigenvalue weighted by Crippen LogP contribution is 2.14. The predicted molar refractivity (Wildman–Crippen MR) is 61.8 cm³/mol. The van der Waals surface area contributed by atoms with Crippen molar-refractivity contribution in [3.8, 4) is 0 Å². The van der Waals surface area contributed by atoms with Crippen molar-refractivity contribution < 1.29 is 0 Å². The number of halogens is 1. The monoisotopic (exact) mass is 286 g/mol. The second-order valence-electron chi connectivity index (χ2n) is 2.84. The molecule has 0 bridgehead atoms. The molecule has 15 heavy (non-hydrogen) atoms. The van der Waals surface area contributed by atoms with E-state index in [-0.39, 0.29) is 5.56 Å². The van der Waals surface area contributed by atoms with Crippen LogP contribution in [0.25, 0.3) is 0 Å². The van der Waals surface area contributed by atoms with E-state index in [9.17, 15) is 4.79 Å². The Balaban J connectivity index is 2.32. The molecule has 2 aromatic rings. The number of nitrogens with zero attached hydrogens (tertiary/aromatic N) is 3. The van der Waals surface area contributed by atoms with Gasteiger partial charge in [0.15, 0.2) is 5.13 Å². The Labute approximate surface area is 97.7 Å². The van der Waals surface area contributed by atoms with Crippen LogP contribution in [0, 0.1) is 0 Å². The summed E-state index contributed by atoms with van der Waals surface area (Å²) in [5.41, 5.74) is 5.38. The van der Waals surface area contributed by atoms with E-state index in [0.29, 0.717) is 16.1 Å². The van der Waals surface area contributed by atoms with Crippen LogP contribution in [0.1, 0.15) is 4.88 Å². The van der Waals surface area contributed by atoms with Gasteiger partial charge >= 0.3 is 0 Å². The molecule has 2 aromatic heterocycles. The van der Waals surface area contributed by atoms with Gasteiger partial charge in [-0.3, -0.25) is 9.36 Å². The van der Waals surface area contributed by atoms with Crippen LogP contribution in [0.2, 0.25) is 0 Å². The van der Waals surface area contributed by atoms with Crippen LogP contribution >= 0.6 is 27.3 Å². The lowest BCUT2D eigenvalue weighted by molar-refractivity contribution is 0.738. The lowest BCUT2D eigenvalue weighted by atomic mass is 10.5. The highest BCUT2D eigenvalue weighted by molar-refractivity contribution is 9.10. The zero-order valence-corrected chi connectivity index (χ0v) is 9.96. The molecule has 0 saturated heterocycles. The molecule has 0 aliphatic carbocycles. The molecule has 0 aliphatic heterocycles. The first-order valence-corrected chi connectivity index (χ1v) is 5.68. The zero-order chi connectivity index (χ0) is 10.8. The van der Waals surface area contributed by atoms with Gasteiger partial charge in [0.05, 0.1) is 12.9 Å². The van der Waals surface area contributed by atoms with Gasteiger partial charge in [0.25, 0.3) is 5.56 Å². The normalized spacial score (nSPS) is 10.5. The molecule has 0 aliphatic rings. The second kappa shape index (κ2) is 4.11. The Hall–Kier alpha value is -1.21. The third-order valence-electron chi connectivity index (χ3n) is 1.76. The van der Waals surface area contributed by atoms with Crippen LogP contribution < -0.4 is 11.3 Å². The van der Waals surface area contributed by atoms with Crippen LogP contribution in [0.5, 0.6) is 0 Å². The summed E-state index contributed by atoms with van der Waals surface area (Å²) < 4.78 is 1.94. The lowest BCUT2D eigenvalue weighted by Gasteiger charge is -2.01. The van der Waals surface area contributed by atoms with E-state index < -0.39 is 0 Å². The molecule has 0 amide bonds. The molecule has 5 nitrogen and oxygen atoms in total. The minimum Gasteiger partial charge on any atom is -0.375 e. The number of nitrogen functional groups attached to an aromatic ring is 1. The van der Waals surface area contributed by atoms with E-state index in [2.05, 4.69) is 25.9 Å². The number of nitrogens with two attached hydrogens (primary N) is 1. The predicted octanol–water partition coefficient (Wildman–Crippen LogP) is 1.09. The van der Waals surface area contributed by atoms with Crippen LogP contribution in [0.15, 0.2) is 28.0 Å². The summed E-state index contributed by atoms with van der Waals surface area (Å²) in [5.74, 6) is 0. The molecule has 78 valence electrons. The number of hydrogen-bond donors (Lipinski definition) is 1. The van der Waals surface area contributed by atoms with E-state index in [1.165, 1.54) is 28.4 Å². The Bertz CT molecular complexity index is 535. The van der Waals surface area contributed by atoms with Crippen LogP contribution in [-0.4, -0.2) is 14.5 Å². The van der Waals surface area contributed by atoms with Crippen LogP contribution in [0.3, 0.4) is 0 Å². The summed E-state index contributed by atoms with van der Waals surface area (Å²) in [6.45, 7) is 0.445. The fraction of sp³-hybridized carbons (Fsp3) is 0.125. The Kier molecular flexibility index (Phi) is 2.83. The summed E-state index contributed by atoms with van der Waals surface area (Å²) in [6, 6.07) is 0. The zero-order valence-electron chi connectivity index (χ0n) is 7.55. The maximum Gasteiger partial charge on any atom is 0.267 e. The highest BCUT2D eigenvalue weighted by Gasteiger charge is 2.04. The van der Waals surface area contributed by atoms with Crippen LogP contribution in [-0.2, 0) is 6.54 Å².